The molecular weight excluding hydrogens is 270 g/mol. The van der Waals surface area contributed by atoms with Crippen molar-refractivity contribution in [1.82, 2.24) is 9.55 Å². The molecule has 20 heavy (non-hydrogen) atoms. The molecule has 0 bridgehead atoms. The van der Waals surface area contributed by atoms with Gasteiger partial charge in [0.1, 0.15) is 0 Å². The van der Waals surface area contributed by atoms with E-state index in [4.69, 9.17) is 16.9 Å². The van der Waals surface area contributed by atoms with Gasteiger partial charge in [0.05, 0.1) is 17.3 Å². The van der Waals surface area contributed by atoms with Gasteiger partial charge in [-0.3, -0.25) is 4.98 Å². The molecule has 3 nitrogen and oxygen atoms in total. The predicted molar refractivity (Wildman–Crippen MR) is 78.7 cm³/mol. The molecule has 3 aromatic rings. The molecule has 0 radical (unpaired) electrons. The average molecular weight is 280 g/mol. The Morgan fingerprint density at radius 2 is 2.05 bits per heavy atom. The number of hydrogen-bond donors (Lipinski definition) is 0. The van der Waals surface area contributed by atoms with Gasteiger partial charge in [0.25, 0.3) is 0 Å². The van der Waals surface area contributed by atoms with Gasteiger partial charge in [-0.05, 0) is 36.4 Å². The molecular formula is C16H10ClN3. The zero-order valence-electron chi connectivity index (χ0n) is 10.5. The summed E-state index contributed by atoms with van der Waals surface area (Å²) in [6, 6.07) is 15.2. The molecule has 3 rings (SSSR count). The normalized spacial score (nSPS) is 10.2. The topological polar surface area (TPSA) is 41.6 Å². The number of hydrogen-bond acceptors (Lipinski definition) is 2. The minimum Gasteiger partial charge on any atom is -0.323 e. The van der Waals surface area contributed by atoms with Crippen molar-refractivity contribution in [1.29, 1.82) is 5.26 Å². The molecule has 0 aliphatic carbocycles. The molecule has 0 amide bonds. The van der Waals surface area contributed by atoms with Gasteiger partial charge in [-0.1, -0.05) is 17.7 Å². The number of benzene rings is 1. The summed E-state index contributed by atoms with van der Waals surface area (Å²) in [5, 5.41) is 9.54. The van der Waals surface area contributed by atoms with Crippen LogP contribution in [0.2, 0.25) is 5.02 Å². The number of nitrogens with zero attached hydrogens (tertiary/aromatic N) is 3. The van der Waals surface area contributed by atoms with Crippen molar-refractivity contribution < 1.29 is 0 Å². The second kappa shape index (κ2) is 5.20. The first-order valence-electron chi connectivity index (χ1n) is 6.07. The van der Waals surface area contributed by atoms with Crippen LogP contribution < -0.4 is 0 Å². The van der Waals surface area contributed by atoms with Crippen molar-refractivity contribution in [2.24, 2.45) is 0 Å². The summed E-state index contributed by atoms with van der Waals surface area (Å²) in [6.07, 6.45) is 5.66. The largest absolute Gasteiger partial charge is 0.323 e. The highest BCUT2D eigenvalue weighted by atomic mass is 35.5. The van der Waals surface area contributed by atoms with Crippen molar-refractivity contribution in [3.8, 4) is 23.0 Å². The van der Waals surface area contributed by atoms with E-state index in [2.05, 4.69) is 11.1 Å². The van der Waals surface area contributed by atoms with Crippen LogP contribution in [0.1, 0.15) is 5.56 Å². The molecule has 0 saturated carbocycles. The SMILES string of the molecule is N#Cc1cc(Cl)cc(-n2ccc(-c3ccccn3)c2)c1. The van der Waals surface area contributed by atoms with E-state index in [9.17, 15) is 0 Å². The Kier molecular flexibility index (Phi) is 3.24. The first-order chi connectivity index (χ1) is 9.76. The van der Waals surface area contributed by atoms with E-state index in [0.717, 1.165) is 16.9 Å². The average Bonchev–Trinajstić information content (AvgIpc) is 2.97. The van der Waals surface area contributed by atoms with E-state index in [1.165, 1.54) is 0 Å². The third-order valence-electron chi connectivity index (χ3n) is 2.96. The van der Waals surface area contributed by atoms with E-state index < -0.39 is 0 Å². The van der Waals surface area contributed by atoms with Crippen LogP contribution in [0.4, 0.5) is 0 Å². The molecule has 0 unspecified atom stereocenters. The Morgan fingerprint density at radius 3 is 2.80 bits per heavy atom. The van der Waals surface area contributed by atoms with Gasteiger partial charge >= 0.3 is 0 Å². The van der Waals surface area contributed by atoms with E-state index >= 15 is 0 Å². The lowest BCUT2D eigenvalue weighted by Gasteiger charge is -2.04. The molecule has 1 aromatic carbocycles. The van der Waals surface area contributed by atoms with Gasteiger partial charge in [-0.15, -0.1) is 0 Å². The van der Waals surface area contributed by atoms with Crippen molar-refractivity contribution in [2.75, 3.05) is 0 Å². The fourth-order valence-electron chi connectivity index (χ4n) is 2.03. The van der Waals surface area contributed by atoms with Crippen molar-refractivity contribution in [3.05, 3.63) is 71.6 Å². The molecule has 2 heterocycles. The quantitative estimate of drug-likeness (QED) is 0.710. The molecule has 0 aliphatic rings. The van der Waals surface area contributed by atoms with Crippen LogP contribution in [0, 0.1) is 11.3 Å². The summed E-state index contributed by atoms with van der Waals surface area (Å²) >= 11 is 6.03. The Bertz CT molecular complexity index is 785. The lowest BCUT2D eigenvalue weighted by molar-refractivity contribution is 1.08. The molecule has 4 heteroatoms. The molecule has 0 atom stereocenters. The third kappa shape index (κ3) is 2.42. The maximum atomic E-state index is 8.99. The number of rotatable bonds is 2. The maximum Gasteiger partial charge on any atom is 0.0992 e. The van der Waals surface area contributed by atoms with Gasteiger partial charge in [0.15, 0.2) is 0 Å². The van der Waals surface area contributed by atoms with Crippen molar-refractivity contribution in [2.45, 2.75) is 0 Å². The molecule has 0 fully saturated rings. The van der Waals surface area contributed by atoms with Crippen molar-refractivity contribution in [3.63, 3.8) is 0 Å². The number of halogens is 1. The monoisotopic (exact) mass is 279 g/mol. The summed E-state index contributed by atoms with van der Waals surface area (Å²) < 4.78 is 1.93. The summed E-state index contributed by atoms with van der Waals surface area (Å²) in [6.45, 7) is 0. The van der Waals surface area contributed by atoms with Crippen LogP contribution in [-0.4, -0.2) is 9.55 Å². The zero-order valence-corrected chi connectivity index (χ0v) is 11.2. The van der Waals surface area contributed by atoms with Gasteiger partial charge in [-0.25, -0.2) is 0 Å². The van der Waals surface area contributed by atoms with Crippen LogP contribution in [0.15, 0.2) is 61.1 Å². The fourth-order valence-corrected chi connectivity index (χ4v) is 2.26. The zero-order chi connectivity index (χ0) is 13.9. The van der Waals surface area contributed by atoms with Gasteiger partial charge in [-0.2, -0.15) is 5.26 Å². The standard InChI is InChI=1S/C16H10ClN3/c17-14-7-12(10-18)8-15(9-14)20-6-4-13(11-20)16-3-1-2-5-19-16/h1-9,11H. The second-order valence-corrected chi connectivity index (χ2v) is 4.77. The summed E-state index contributed by atoms with van der Waals surface area (Å²) in [5.41, 5.74) is 3.33. The summed E-state index contributed by atoms with van der Waals surface area (Å²) in [7, 11) is 0. The van der Waals surface area contributed by atoms with E-state index in [1.807, 2.05) is 47.3 Å². The number of nitriles is 1. The first-order valence-corrected chi connectivity index (χ1v) is 6.44. The smallest absolute Gasteiger partial charge is 0.0992 e. The Hall–Kier alpha value is -2.57. The predicted octanol–water partition coefficient (Wildman–Crippen LogP) is 4.06. The van der Waals surface area contributed by atoms with Crippen LogP contribution in [0.25, 0.3) is 16.9 Å². The molecule has 0 spiro atoms. The fraction of sp³-hybridized carbons (Fsp3) is 0. The Morgan fingerprint density at radius 1 is 1.15 bits per heavy atom. The highest BCUT2D eigenvalue weighted by Gasteiger charge is 2.05. The molecule has 0 saturated heterocycles. The van der Waals surface area contributed by atoms with Crippen LogP contribution in [-0.2, 0) is 0 Å². The highest BCUT2D eigenvalue weighted by Crippen LogP contribution is 2.22. The lowest BCUT2D eigenvalue weighted by atomic mass is 10.2. The van der Waals surface area contributed by atoms with Crippen LogP contribution >= 0.6 is 11.6 Å². The number of aromatic nitrogens is 2. The molecule has 0 aliphatic heterocycles. The van der Waals surface area contributed by atoms with Gasteiger partial charge in [0.2, 0.25) is 0 Å². The molecule has 96 valence electrons. The summed E-state index contributed by atoms with van der Waals surface area (Å²) in [4.78, 5) is 4.32. The molecule has 2 aromatic heterocycles. The van der Waals surface area contributed by atoms with E-state index in [-0.39, 0.29) is 0 Å². The Labute approximate surface area is 121 Å². The number of pyridine rings is 1. The van der Waals surface area contributed by atoms with Crippen molar-refractivity contribution >= 4 is 11.6 Å². The maximum absolute atomic E-state index is 8.99. The van der Waals surface area contributed by atoms with Gasteiger partial charge in [0, 0.05) is 34.9 Å². The van der Waals surface area contributed by atoms with Crippen LogP contribution in [0.3, 0.4) is 0 Å². The summed E-state index contributed by atoms with van der Waals surface area (Å²) in [5.74, 6) is 0. The van der Waals surface area contributed by atoms with E-state index in [0.29, 0.717) is 10.6 Å². The minimum atomic E-state index is 0.542. The highest BCUT2D eigenvalue weighted by molar-refractivity contribution is 6.30. The van der Waals surface area contributed by atoms with E-state index in [1.54, 1.807) is 18.3 Å². The minimum absolute atomic E-state index is 0.542. The Balaban J connectivity index is 2.03. The second-order valence-electron chi connectivity index (χ2n) is 4.33. The van der Waals surface area contributed by atoms with Gasteiger partial charge < -0.3 is 4.57 Å². The lowest BCUT2D eigenvalue weighted by Crippen LogP contribution is -1.91. The molecule has 0 N–H and O–H groups in total. The third-order valence-corrected chi connectivity index (χ3v) is 3.18. The first kappa shape index (κ1) is 12.5. The van der Waals surface area contributed by atoms with Crippen LogP contribution in [0.5, 0.6) is 0 Å².